The van der Waals surface area contributed by atoms with E-state index < -0.39 is 4.92 Å². The molecule has 0 bridgehead atoms. The van der Waals surface area contributed by atoms with Crippen LogP contribution < -0.4 is 4.90 Å². The lowest BCUT2D eigenvalue weighted by molar-refractivity contribution is -0.385. The number of fused-ring (bicyclic) bond motifs is 1. The van der Waals surface area contributed by atoms with Crippen molar-refractivity contribution in [2.75, 3.05) is 4.90 Å². The zero-order valence-electron chi connectivity index (χ0n) is 11.7. The summed E-state index contributed by atoms with van der Waals surface area (Å²) in [7, 11) is 0. The number of hydrogen-bond acceptors (Lipinski definition) is 4. The van der Waals surface area contributed by atoms with Gasteiger partial charge in [0.1, 0.15) is 0 Å². The summed E-state index contributed by atoms with van der Waals surface area (Å²) in [6.07, 6.45) is 3.48. The molecule has 0 spiro atoms. The van der Waals surface area contributed by atoms with Crippen molar-refractivity contribution in [2.45, 2.75) is 32.6 Å². The Kier molecular flexibility index (Phi) is 3.23. The van der Waals surface area contributed by atoms with E-state index in [-0.39, 0.29) is 29.3 Å². The molecule has 0 N–H and O–H groups in total. The Balaban J connectivity index is 1.97. The van der Waals surface area contributed by atoms with Gasteiger partial charge in [-0.15, -0.1) is 0 Å². The molecule has 1 aromatic rings. The average molecular weight is 288 g/mol. The molecule has 110 valence electrons. The van der Waals surface area contributed by atoms with E-state index in [1.54, 1.807) is 13.0 Å². The van der Waals surface area contributed by atoms with E-state index in [1.807, 2.05) is 0 Å². The number of rotatable bonds is 2. The molecule has 0 unspecified atom stereocenters. The molecule has 1 aliphatic carbocycles. The quantitative estimate of drug-likeness (QED) is 0.476. The summed E-state index contributed by atoms with van der Waals surface area (Å²) in [6, 6.07) is 4.39. The number of anilines is 1. The predicted molar refractivity (Wildman–Crippen MR) is 75.8 cm³/mol. The molecule has 6 nitrogen and oxygen atoms in total. The van der Waals surface area contributed by atoms with Gasteiger partial charge in [-0.05, 0) is 31.9 Å². The number of amides is 2. The summed E-state index contributed by atoms with van der Waals surface area (Å²) in [5.74, 6) is -0.723. The molecule has 2 aliphatic rings. The molecular weight excluding hydrogens is 272 g/mol. The van der Waals surface area contributed by atoms with Gasteiger partial charge in [0, 0.05) is 11.6 Å². The van der Waals surface area contributed by atoms with Gasteiger partial charge in [-0.3, -0.25) is 24.6 Å². The van der Waals surface area contributed by atoms with Gasteiger partial charge in [0.05, 0.1) is 22.4 Å². The summed E-state index contributed by atoms with van der Waals surface area (Å²) in [6.45, 7) is 1.61. The number of nitro benzene ring substituents is 1. The molecule has 1 aromatic carbocycles. The van der Waals surface area contributed by atoms with E-state index in [0.29, 0.717) is 11.3 Å². The fraction of sp³-hybridized carbons (Fsp3) is 0.467. The highest BCUT2D eigenvalue weighted by molar-refractivity contribution is 6.22. The van der Waals surface area contributed by atoms with Gasteiger partial charge in [-0.2, -0.15) is 0 Å². The lowest BCUT2D eigenvalue weighted by Gasteiger charge is -2.19. The maximum atomic E-state index is 12.5. The summed E-state index contributed by atoms with van der Waals surface area (Å²) >= 11 is 0. The van der Waals surface area contributed by atoms with Crippen molar-refractivity contribution in [3.8, 4) is 0 Å². The third kappa shape index (κ3) is 2.11. The third-order valence-electron chi connectivity index (χ3n) is 4.48. The normalized spacial score (nSPS) is 25.1. The van der Waals surface area contributed by atoms with Crippen molar-refractivity contribution < 1.29 is 14.5 Å². The Hall–Kier alpha value is -2.24. The molecule has 2 fully saturated rings. The van der Waals surface area contributed by atoms with E-state index in [0.717, 1.165) is 25.7 Å². The Bertz CT molecular complexity index is 617. The second-order valence-electron chi connectivity index (χ2n) is 5.74. The highest BCUT2D eigenvalue weighted by Crippen LogP contribution is 2.40. The number of nitro groups is 1. The summed E-state index contributed by atoms with van der Waals surface area (Å²) < 4.78 is 0. The Labute approximate surface area is 121 Å². The molecule has 6 heteroatoms. The van der Waals surface area contributed by atoms with Crippen molar-refractivity contribution in [3.05, 3.63) is 33.9 Å². The highest BCUT2D eigenvalue weighted by Gasteiger charge is 2.48. The van der Waals surface area contributed by atoms with Gasteiger partial charge in [0.25, 0.3) is 5.69 Å². The zero-order valence-corrected chi connectivity index (χ0v) is 11.7. The van der Waals surface area contributed by atoms with Gasteiger partial charge >= 0.3 is 0 Å². The first-order chi connectivity index (χ1) is 10.0. The topological polar surface area (TPSA) is 80.5 Å². The number of imide groups is 1. The number of nitrogens with zero attached hydrogens (tertiary/aromatic N) is 2. The first-order valence-corrected chi connectivity index (χ1v) is 7.13. The van der Waals surface area contributed by atoms with Crippen molar-refractivity contribution in [3.63, 3.8) is 0 Å². The molecule has 1 saturated heterocycles. The van der Waals surface area contributed by atoms with E-state index in [1.165, 1.54) is 17.0 Å². The molecule has 1 heterocycles. The number of carbonyl (C=O) groups excluding carboxylic acids is 2. The van der Waals surface area contributed by atoms with E-state index in [2.05, 4.69) is 0 Å². The standard InChI is InChI=1S/C15H16N2O4/c1-9-8-10(6-7-13(9)17(20)21)16-14(18)11-4-2-3-5-12(11)15(16)19/h6-8,11-12H,2-5H2,1H3/t11-,12-/m0/s1. The van der Waals surface area contributed by atoms with Crippen molar-refractivity contribution in [1.82, 2.24) is 0 Å². The molecule has 21 heavy (non-hydrogen) atoms. The molecule has 2 atom stereocenters. The predicted octanol–water partition coefficient (Wildman–Crippen LogP) is 2.58. The fourth-order valence-electron chi connectivity index (χ4n) is 3.40. The van der Waals surface area contributed by atoms with E-state index in [9.17, 15) is 19.7 Å². The second-order valence-corrected chi connectivity index (χ2v) is 5.74. The maximum Gasteiger partial charge on any atom is 0.272 e. The molecule has 1 aliphatic heterocycles. The minimum absolute atomic E-state index is 0.00439. The van der Waals surface area contributed by atoms with Crippen LogP contribution in [-0.4, -0.2) is 16.7 Å². The smallest absolute Gasteiger partial charge is 0.272 e. The lowest BCUT2D eigenvalue weighted by Crippen LogP contribution is -2.30. The minimum Gasteiger partial charge on any atom is -0.274 e. The zero-order chi connectivity index (χ0) is 15.1. The first kappa shape index (κ1) is 13.7. The fourth-order valence-corrected chi connectivity index (χ4v) is 3.40. The SMILES string of the molecule is Cc1cc(N2C(=O)[C@H]3CCCC[C@@H]3C2=O)ccc1[N+](=O)[O-]. The Morgan fingerprint density at radius 1 is 1.14 bits per heavy atom. The van der Waals surface area contributed by atoms with Crippen LogP contribution in [0.5, 0.6) is 0 Å². The van der Waals surface area contributed by atoms with Crippen molar-refractivity contribution in [1.29, 1.82) is 0 Å². The second kappa shape index (κ2) is 4.95. The Morgan fingerprint density at radius 2 is 1.71 bits per heavy atom. The lowest BCUT2D eigenvalue weighted by atomic mass is 9.81. The van der Waals surface area contributed by atoms with Gasteiger partial charge in [-0.25, -0.2) is 0 Å². The van der Waals surface area contributed by atoms with Crippen LogP contribution in [0, 0.1) is 28.9 Å². The molecule has 2 amide bonds. The summed E-state index contributed by atoms with van der Waals surface area (Å²) in [4.78, 5) is 36.5. The van der Waals surface area contributed by atoms with Crippen LogP contribution in [0.1, 0.15) is 31.2 Å². The largest absolute Gasteiger partial charge is 0.274 e. The average Bonchev–Trinajstić information content (AvgIpc) is 2.71. The van der Waals surface area contributed by atoms with Gasteiger partial charge in [-0.1, -0.05) is 12.8 Å². The number of hydrogen-bond donors (Lipinski definition) is 0. The van der Waals surface area contributed by atoms with Crippen LogP contribution in [0.15, 0.2) is 18.2 Å². The van der Waals surface area contributed by atoms with Crippen LogP contribution in [-0.2, 0) is 9.59 Å². The molecule has 3 rings (SSSR count). The van der Waals surface area contributed by atoms with Crippen LogP contribution >= 0.6 is 0 Å². The van der Waals surface area contributed by atoms with Crippen LogP contribution in [0.3, 0.4) is 0 Å². The van der Waals surface area contributed by atoms with Crippen molar-refractivity contribution >= 4 is 23.2 Å². The molecular formula is C15H16N2O4. The Morgan fingerprint density at radius 3 is 2.19 bits per heavy atom. The minimum atomic E-state index is -0.466. The first-order valence-electron chi connectivity index (χ1n) is 7.13. The third-order valence-corrected chi connectivity index (χ3v) is 4.48. The van der Waals surface area contributed by atoms with E-state index >= 15 is 0 Å². The summed E-state index contributed by atoms with van der Waals surface area (Å²) in [5.41, 5.74) is 0.894. The van der Waals surface area contributed by atoms with Gasteiger partial charge in [0.15, 0.2) is 0 Å². The number of benzene rings is 1. The van der Waals surface area contributed by atoms with E-state index in [4.69, 9.17) is 0 Å². The van der Waals surface area contributed by atoms with Crippen LogP contribution in [0.4, 0.5) is 11.4 Å². The highest BCUT2D eigenvalue weighted by atomic mass is 16.6. The van der Waals surface area contributed by atoms with Crippen LogP contribution in [0.25, 0.3) is 0 Å². The van der Waals surface area contributed by atoms with Crippen molar-refractivity contribution in [2.24, 2.45) is 11.8 Å². The van der Waals surface area contributed by atoms with Crippen LogP contribution in [0.2, 0.25) is 0 Å². The number of aryl methyl sites for hydroxylation is 1. The molecule has 1 saturated carbocycles. The van der Waals surface area contributed by atoms with Gasteiger partial charge in [0.2, 0.25) is 11.8 Å². The number of carbonyl (C=O) groups is 2. The molecule has 0 aromatic heterocycles. The van der Waals surface area contributed by atoms with Gasteiger partial charge < -0.3 is 0 Å². The maximum absolute atomic E-state index is 12.5. The molecule has 0 radical (unpaired) electrons. The monoisotopic (exact) mass is 288 g/mol. The summed E-state index contributed by atoms with van der Waals surface area (Å²) in [5, 5.41) is 10.8.